The van der Waals surface area contributed by atoms with Crippen LogP contribution in [0.2, 0.25) is 0 Å². The summed E-state index contributed by atoms with van der Waals surface area (Å²) >= 11 is 1.53. The van der Waals surface area contributed by atoms with Crippen molar-refractivity contribution in [1.29, 1.82) is 0 Å². The Morgan fingerprint density at radius 1 is 1.19 bits per heavy atom. The van der Waals surface area contributed by atoms with Crippen LogP contribution < -0.4 is 4.74 Å². The number of nitrogens with zero attached hydrogens (tertiary/aromatic N) is 3. The molecule has 0 N–H and O–H groups in total. The molecule has 0 saturated carbocycles. The number of hydrogen-bond donors (Lipinski definition) is 0. The molecule has 2 aromatic carbocycles. The fourth-order valence-corrected chi connectivity index (χ4v) is 3.29. The van der Waals surface area contributed by atoms with E-state index in [1.807, 2.05) is 35.8 Å². The number of hydrogen-bond acceptors (Lipinski definition) is 4. The second-order valence-corrected chi connectivity index (χ2v) is 6.76. The fraction of sp³-hybridized carbons (Fsp3) is 0.200. The smallest absolute Gasteiger partial charge is 0.191 e. The second kappa shape index (κ2) is 8.67. The molecule has 26 heavy (non-hydrogen) atoms. The van der Waals surface area contributed by atoms with Crippen molar-refractivity contribution in [3.63, 3.8) is 0 Å². The van der Waals surface area contributed by atoms with Crippen LogP contribution in [0.3, 0.4) is 0 Å². The van der Waals surface area contributed by atoms with Gasteiger partial charge in [0.05, 0.1) is 12.2 Å². The maximum Gasteiger partial charge on any atom is 0.191 e. The monoisotopic (exact) mass is 369 g/mol. The van der Waals surface area contributed by atoms with E-state index in [-0.39, 0.29) is 5.82 Å². The highest BCUT2D eigenvalue weighted by molar-refractivity contribution is 7.99. The molecule has 0 bridgehead atoms. The molecular weight excluding hydrogens is 349 g/mol. The molecule has 0 amide bonds. The van der Waals surface area contributed by atoms with Crippen molar-refractivity contribution in [2.24, 2.45) is 0 Å². The molecule has 0 unspecified atom stereocenters. The van der Waals surface area contributed by atoms with Crippen molar-refractivity contribution in [1.82, 2.24) is 14.8 Å². The Labute approximate surface area is 156 Å². The van der Waals surface area contributed by atoms with Crippen molar-refractivity contribution < 1.29 is 9.13 Å². The van der Waals surface area contributed by atoms with Crippen LogP contribution >= 0.6 is 11.8 Å². The van der Waals surface area contributed by atoms with E-state index in [9.17, 15) is 4.39 Å². The highest BCUT2D eigenvalue weighted by Gasteiger charge is 2.16. The molecule has 3 aromatic rings. The largest absolute Gasteiger partial charge is 0.493 e. The number of thioether (sulfide) groups is 1. The first-order valence-corrected chi connectivity index (χ1v) is 9.29. The van der Waals surface area contributed by atoms with Crippen LogP contribution in [0.1, 0.15) is 5.56 Å². The summed E-state index contributed by atoms with van der Waals surface area (Å²) in [5.41, 5.74) is 1.60. The quantitative estimate of drug-likeness (QED) is 0.326. The topological polar surface area (TPSA) is 39.9 Å². The summed E-state index contributed by atoms with van der Waals surface area (Å²) < 4.78 is 21.7. The highest BCUT2D eigenvalue weighted by Crippen LogP contribution is 2.26. The molecule has 1 heterocycles. The first-order valence-electron chi connectivity index (χ1n) is 8.30. The number of halogens is 1. The van der Waals surface area contributed by atoms with Gasteiger partial charge in [-0.3, -0.25) is 4.57 Å². The van der Waals surface area contributed by atoms with Crippen LogP contribution in [0.15, 0.2) is 66.3 Å². The van der Waals surface area contributed by atoms with Crippen LogP contribution in [0, 0.1) is 12.7 Å². The number of ether oxygens (including phenoxy) is 1. The van der Waals surface area contributed by atoms with Gasteiger partial charge in [-0.25, -0.2) is 4.39 Å². The van der Waals surface area contributed by atoms with Crippen molar-refractivity contribution in [3.8, 4) is 17.1 Å². The lowest BCUT2D eigenvalue weighted by atomic mass is 10.2. The molecule has 3 rings (SSSR count). The SMILES string of the molecule is C=CCn1c(SCCOc2cccc(C)c2)nnc1-c1ccccc1F. The number of rotatable bonds is 8. The Kier molecular flexibility index (Phi) is 6.07. The predicted octanol–water partition coefficient (Wildman–Crippen LogP) is 4.75. The van der Waals surface area contributed by atoms with Gasteiger partial charge in [0.15, 0.2) is 11.0 Å². The zero-order valence-corrected chi connectivity index (χ0v) is 15.4. The number of allylic oxidation sites excluding steroid dienone is 1. The molecule has 0 spiro atoms. The van der Waals surface area contributed by atoms with Gasteiger partial charge < -0.3 is 4.74 Å². The lowest BCUT2D eigenvalue weighted by Crippen LogP contribution is -2.04. The average molecular weight is 369 g/mol. The minimum Gasteiger partial charge on any atom is -0.493 e. The first kappa shape index (κ1) is 18.2. The van der Waals surface area contributed by atoms with Crippen LogP contribution in [0.4, 0.5) is 4.39 Å². The maximum atomic E-state index is 14.1. The molecule has 0 saturated heterocycles. The summed E-state index contributed by atoms with van der Waals surface area (Å²) in [5.74, 6) is 1.75. The summed E-state index contributed by atoms with van der Waals surface area (Å²) in [6, 6.07) is 14.5. The minimum absolute atomic E-state index is 0.315. The zero-order chi connectivity index (χ0) is 18.4. The first-order chi connectivity index (χ1) is 12.7. The van der Waals surface area contributed by atoms with Gasteiger partial charge in [-0.05, 0) is 36.8 Å². The Morgan fingerprint density at radius 2 is 2.04 bits per heavy atom. The predicted molar refractivity (Wildman–Crippen MR) is 103 cm³/mol. The summed E-state index contributed by atoms with van der Waals surface area (Å²) in [6.45, 7) is 6.86. The summed E-state index contributed by atoms with van der Waals surface area (Å²) in [5, 5.41) is 9.11. The average Bonchev–Trinajstić information content (AvgIpc) is 3.02. The van der Waals surface area contributed by atoms with Gasteiger partial charge in [-0.2, -0.15) is 0 Å². The van der Waals surface area contributed by atoms with E-state index >= 15 is 0 Å². The van der Waals surface area contributed by atoms with E-state index in [4.69, 9.17) is 4.74 Å². The van der Waals surface area contributed by atoms with Gasteiger partial charge in [0.25, 0.3) is 0 Å². The second-order valence-electron chi connectivity index (χ2n) is 5.70. The van der Waals surface area contributed by atoms with Gasteiger partial charge in [-0.1, -0.05) is 42.1 Å². The molecule has 1 aromatic heterocycles. The van der Waals surface area contributed by atoms with Gasteiger partial charge in [0.2, 0.25) is 0 Å². The van der Waals surface area contributed by atoms with Crippen molar-refractivity contribution >= 4 is 11.8 Å². The lowest BCUT2D eigenvalue weighted by molar-refractivity contribution is 0.343. The summed E-state index contributed by atoms with van der Waals surface area (Å²) in [6.07, 6.45) is 1.75. The molecule has 0 aliphatic rings. The van der Waals surface area contributed by atoms with Crippen molar-refractivity contribution in [2.75, 3.05) is 12.4 Å². The minimum atomic E-state index is -0.315. The van der Waals surface area contributed by atoms with Gasteiger partial charge in [0, 0.05) is 12.3 Å². The Balaban J connectivity index is 1.68. The van der Waals surface area contributed by atoms with Crippen molar-refractivity contribution in [2.45, 2.75) is 18.6 Å². The van der Waals surface area contributed by atoms with Crippen LogP contribution in [-0.2, 0) is 6.54 Å². The maximum absolute atomic E-state index is 14.1. The Morgan fingerprint density at radius 3 is 2.81 bits per heavy atom. The van der Waals surface area contributed by atoms with Crippen molar-refractivity contribution in [3.05, 3.63) is 72.6 Å². The van der Waals surface area contributed by atoms with Gasteiger partial charge in [0.1, 0.15) is 11.6 Å². The van der Waals surface area contributed by atoms with E-state index in [2.05, 4.69) is 16.8 Å². The molecule has 0 atom stereocenters. The van der Waals surface area contributed by atoms with E-state index in [1.54, 1.807) is 24.3 Å². The third-order valence-corrected chi connectivity index (χ3v) is 4.65. The molecular formula is C20H20FN3OS. The lowest BCUT2D eigenvalue weighted by Gasteiger charge is -2.09. The molecule has 0 radical (unpaired) electrons. The highest BCUT2D eigenvalue weighted by atomic mass is 32.2. The van der Waals surface area contributed by atoms with E-state index in [0.29, 0.717) is 30.3 Å². The molecule has 0 aliphatic carbocycles. The number of aryl methyl sites for hydroxylation is 1. The Bertz CT molecular complexity index is 894. The van der Waals surface area contributed by atoms with Crippen LogP contribution in [0.5, 0.6) is 5.75 Å². The van der Waals surface area contributed by atoms with Crippen LogP contribution in [-0.4, -0.2) is 27.1 Å². The van der Waals surface area contributed by atoms with E-state index in [0.717, 1.165) is 16.5 Å². The number of benzene rings is 2. The molecule has 6 heteroatoms. The zero-order valence-electron chi connectivity index (χ0n) is 14.6. The van der Waals surface area contributed by atoms with E-state index in [1.165, 1.54) is 17.8 Å². The van der Waals surface area contributed by atoms with Crippen LogP contribution in [0.25, 0.3) is 11.4 Å². The Hall–Kier alpha value is -2.60. The summed E-state index contributed by atoms with van der Waals surface area (Å²) in [4.78, 5) is 0. The fourth-order valence-electron chi connectivity index (χ4n) is 2.53. The molecule has 134 valence electrons. The number of aromatic nitrogens is 3. The molecule has 0 aliphatic heterocycles. The van der Waals surface area contributed by atoms with Gasteiger partial charge >= 0.3 is 0 Å². The van der Waals surface area contributed by atoms with E-state index < -0.39 is 0 Å². The molecule has 0 fully saturated rings. The third-order valence-electron chi connectivity index (χ3n) is 3.72. The third kappa shape index (κ3) is 4.32. The molecule has 4 nitrogen and oxygen atoms in total. The normalized spacial score (nSPS) is 10.7. The van der Waals surface area contributed by atoms with Gasteiger partial charge in [-0.15, -0.1) is 16.8 Å². The summed E-state index contributed by atoms with van der Waals surface area (Å²) in [7, 11) is 0. The standard InChI is InChI=1S/C20H20FN3OS/c1-3-11-24-19(17-9-4-5-10-18(17)21)22-23-20(24)26-13-12-25-16-8-6-7-15(2)14-16/h3-10,14H,1,11-13H2,2H3.